The van der Waals surface area contributed by atoms with E-state index in [0.717, 1.165) is 29.3 Å². The van der Waals surface area contributed by atoms with E-state index in [-0.39, 0.29) is 10.7 Å². The second-order valence-electron chi connectivity index (χ2n) is 4.96. The van der Waals surface area contributed by atoms with Crippen LogP contribution in [0.2, 0.25) is 5.15 Å². The number of hydrogen-bond donors (Lipinski definition) is 0. The van der Waals surface area contributed by atoms with Crippen molar-refractivity contribution in [2.45, 2.75) is 25.3 Å². The Morgan fingerprint density at radius 1 is 1.40 bits per heavy atom. The van der Waals surface area contributed by atoms with E-state index in [2.05, 4.69) is 9.97 Å². The summed E-state index contributed by atoms with van der Waals surface area (Å²) >= 11 is 7.48. The molecule has 3 aromatic heterocycles. The number of fused-ring (bicyclic) bond motifs is 1. The predicted molar refractivity (Wildman–Crippen MR) is 77.7 cm³/mol. The molecule has 102 valence electrons. The number of nitrogens with zero attached hydrogens (tertiary/aromatic N) is 4. The number of halogens is 1. The van der Waals surface area contributed by atoms with Crippen LogP contribution in [0.1, 0.15) is 30.3 Å². The monoisotopic (exact) mass is 306 g/mol. The Labute approximate surface area is 123 Å². The third-order valence-electron chi connectivity index (χ3n) is 3.41. The Kier molecular flexibility index (Phi) is 2.68. The Morgan fingerprint density at radius 3 is 3.00 bits per heavy atom. The molecule has 0 amide bonds. The number of imidazole rings is 1. The van der Waals surface area contributed by atoms with Gasteiger partial charge in [0.05, 0.1) is 12.2 Å². The van der Waals surface area contributed by atoms with Crippen LogP contribution in [0.5, 0.6) is 0 Å². The molecule has 1 aliphatic rings. The summed E-state index contributed by atoms with van der Waals surface area (Å²) < 4.78 is 3.65. The summed E-state index contributed by atoms with van der Waals surface area (Å²) in [6.45, 7) is 0.448. The van der Waals surface area contributed by atoms with Crippen LogP contribution in [-0.2, 0) is 6.54 Å². The summed E-state index contributed by atoms with van der Waals surface area (Å²) in [7, 11) is 0. The molecule has 20 heavy (non-hydrogen) atoms. The van der Waals surface area contributed by atoms with Crippen LogP contribution in [-0.4, -0.2) is 18.9 Å². The minimum absolute atomic E-state index is 0.108. The standard InChI is InChI=1S/C13H11ClN4OS/c14-10-5-11(19)18(12(16-10)8-1-2-8)7-9-6-17-3-4-20-13(17)15-9/h3-6,8H,1-2,7H2. The van der Waals surface area contributed by atoms with Crippen LogP contribution in [0.25, 0.3) is 4.96 Å². The quantitative estimate of drug-likeness (QED) is 0.699. The second-order valence-corrected chi connectivity index (χ2v) is 6.22. The average Bonchev–Trinajstić information content (AvgIpc) is 3.03. The van der Waals surface area contributed by atoms with Gasteiger partial charge < -0.3 is 0 Å². The SMILES string of the molecule is O=c1cc(Cl)nc(C2CC2)n1Cc1cn2ccsc2n1. The van der Waals surface area contributed by atoms with Crippen molar-refractivity contribution in [3.8, 4) is 0 Å². The van der Waals surface area contributed by atoms with Crippen LogP contribution >= 0.6 is 22.9 Å². The summed E-state index contributed by atoms with van der Waals surface area (Å²) in [6, 6.07) is 1.37. The number of hydrogen-bond acceptors (Lipinski definition) is 4. The zero-order valence-electron chi connectivity index (χ0n) is 10.5. The summed E-state index contributed by atoms with van der Waals surface area (Å²) in [5.74, 6) is 1.16. The van der Waals surface area contributed by atoms with Crippen molar-refractivity contribution in [1.82, 2.24) is 18.9 Å². The largest absolute Gasteiger partial charge is 0.297 e. The minimum atomic E-state index is -0.108. The first-order chi connectivity index (χ1) is 9.70. The van der Waals surface area contributed by atoms with Gasteiger partial charge in [-0.1, -0.05) is 11.6 Å². The van der Waals surface area contributed by atoms with E-state index in [1.807, 2.05) is 22.2 Å². The van der Waals surface area contributed by atoms with Crippen molar-refractivity contribution in [3.63, 3.8) is 0 Å². The lowest BCUT2D eigenvalue weighted by Crippen LogP contribution is -2.24. The molecule has 0 bridgehead atoms. The van der Waals surface area contributed by atoms with Crippen LogP contribution < -0.4 is 5.56 Å². The van der Waals surface area contributed by atoms with Crippen molar-refractivity contribution in [1.29, 1.82) is 0 Å². The molecule has 0 aliphatic heterocycles. The summed E-state index contributed by atoms with van der Waals surface area (Å²) in [5, 5.41) is 2.26. The van der Waals surface area contributed by atoms with Crippen molar-refractivity contribution < 1.29 is 0 Å². The first kappa shape index (κ1) is 12.1. The normalized spacial score (nSPS) is 15.1. The van der Waals surface area contributed by atoms with Crippen molar-refractivity contribution >= 4 is 27.9 Å². The van der Waals surface area contributed by atoms with Crippen LogP contribution in [0.4, 0.5) is 0 Å². The molecule has 5 nitrogen and oxygen atoms in total. The maximum absolute atomic E-state index is 12.2. The lowest BCUT2D eigenvalue weighted by Gasteiger charge is -2.09. The van der Waals surface area contributed by atoms with E-state index in [9.17, 15) is 4.79 Å². The smallest absolute Gasteiger partial charge is 0.255 e. The number of thiazole rings is 1. The van der Waals surface area contributed by atoms with Gasteiger partial charge in [-0.3, -0.25) is 13.8 Å². The molecule has 3 aromatic rings. The molecule has 0 spiro atoms. The molecule has 0 atom stereocenters. The summed E-state index contributed by atoms with van der Waals surface area (Å²) in [5.41, 5.74) is 0.758. The van der Waals surface area contributed by atoms with Gasteiger partial charge in [0, 0.05) is 29.8 Å². The van der Waals surface area contributed by atoms with E-state index < -0.39 is 0 Å². The van der Waals surface area contributed by atoms with Gasteiger partial charge in [-0.05, 0) is 12.8 Å². The number of aromatic nitrogens is 4. The fourth-order valence-electron chi connectivity index (χ4n) is 2.32. The third kappa shape index (κ3) is 2.05. The van der Waals surface area contributed by atoms with E-state index in [1.54, 1.807) is 15.9 Å². The lowest BCUT2D eigenvalue weighted by atomic mass is 10.3. The van der Waals surface area contributed by atoms with Gasteiger partial charge in [0.25, 0.3) is 5.56 Å². The van der Waals surface area contributed by atoms with Gasteiger partial charge in [-0.2, -0.15) is 0 Å². The highest BCUT2D eigenvalue weighted by atomic mass is 35.5. The van der Waals surface area contributed by atoms with E-state index in [1.165, 1.54) is 6.07 Å². The van der Waals surface area contributed by atoms with Gasteiger partial charge in [0.2, 0.25) is 0 Å². The van der Waals surface area contributed by atoms with Crippen LogP contribution in [0.3, 0.4) is 0 Å². The molecule has 0 aromatic carbocycles. The van der Waals surface area contributed by atoms with Gasteiger partial charge in [0.15, 0.2) is 4.96 Å². The molecule has 0 saturated heterocycles. The van der Waals surface area contributed by atoms with E-state index >= 15 is 0 Å². The maximum Gasteiger partial charge on any atom is 0.255 e. The zero-order chi connectivity index (χ0) is 13.7. The predicted octanol–water partition coefficient (Wildman–Crippen LogP) is 2.53. The molecule has 1 fully saturated rings. The number of rotatable bonds is 3. The highest BCUT2D eigenvalue weighted by Crippen LogP contribution is 2.38. The topological polar surface area (TPSA) is 52.2 Å². The highest BCUT2D eigenvalue weighted by Gasteiger charge is 2.29. The molecule has 1 saturated carbocycles. The molecule has 7 heteroatoms. The zero-order valence-corrected chi connectivity index (χ0v) is 12.1. The van der Waals surface area contributed by atoms with Gasteiger partial charge >= 0.3 is 0 Å². The van der Waals surface area contributed by atoms with E-state index in [0.29, 0.717) is 12.5 Å². The van der Waals surface area contributed by atoms with Crippen molar-refractivity contribution in [3.05, 3.63) is 50.9 Å². The fourth-order valence-corrected chi connectivity index (χ4v) is 3.22. The first-order valence-corrected chi connectivity index (χ1v) is 7.65. The molecule has 3 heterocycles. The second kappa shape index (κ2) is 4.43. The third-order valence-corrected chi connectivity index (χ3v) is 4.38. The van der Waals surface area contributed by atoms with Gasteiger partial charge in [-0.25, -0.2) is 9.97 Å². The highest BCUT2D eigenvalue weighted by molar-refractivity contribution is 7.15. The first-order valence-electron chi connectivity index (χ1n) is 6.39. The van der Waals surface area contributed by atoms with Gasteiger partial charge in [-0.15, -0.1) is 11.3 Å². The molecule has 0 N–H and O–H groups in total. The molecule has 0 radical (unpaired) electrons. The van der Waals surface area contributed by atoms with Crippen molar-refractivity contribution in [2.75, 3.05) is 0 Å². The molecule has 4 rings (SSSR count). The Hall–Kier alpha value is -1.66. The Balaban J connectivity index is 1.77. The van der Waals surface area contributed by atoms with Crippen LogP contribution in [0.15, 0.2) is 28.6 Å². The van der Waals surface area contributed by atoms with Gasteiger partial charge in [0.1, 0.15) is 11.0 Å². The van der Waals surface area contributed by atoms with Crippen LogP contribution in [0, 0.1) is 0 Å². The summed E-state index contributed by atoms with van der Waals surface area (Å²) in [6.07, 6.45) is 6.06. The minimum Gasteiger partial charge on any atom is -0.297 e. The maximum atomic E-state index is 12.2. The summed E-state index contributed by atoms with van der Waals surface area (Å²) in [4.78, 5) is 21.9. The molecular formula is C13H11ClN4OS. The van der Waals surface area contributed by atoms with E-state index in [4.69, 9.17) is 11.6 Å². The molecule has 0 unspecified atom stereocenters. The molecular weight excluding hydrogens is 296 g/mol. The Morgan fingerprint density at radius 2 is 2.25 bits per heavy atom. The lowest BCUT2D eigenvalue weighted by molar-refractivity contribution is 0.661. The molecule has 1 aliphatic carbocycles. The van der Waals surface area contributed by atoms with Crippen molar-refractivity contribution in [2.24, 2.45) is 0 Å². The Bertz CT molecular complexity index is 817. The fraction of sp³-hybridized carbons (Fsp3) is 0.308. The average molecular weight is 307 g/mol.